The molecule has 10 heteroatoms. The summed E-state index contributed by atoms with van der Waals surface area (Å²) in [6, 6.07) is 10.6. The summed E-state index contributed by atoms with van der Waals surface area (Å²) in [6.45, 7) is 10.6. The molecule has 3 rings (SSSR count). The van der Waals surface area contributed by atoms with Gasteiger partial charge < -0.3 is 14.0 Å². The number of carbonyl (C=O) groups is 2. The van der Waals surface area contributed by atoms with Crippen molar-refractivity contribution >= 4 is 22.7 Å². The van der Waals surface area contributed by atoms with Crippen molar-refractivity contribution in [1.82, 2.24) is 9.29 Å². The molecular formula is C31H37FN2O6S. The third kappa shape index (κ3) is 8.20. The number of esters is 1. The Labute approximate surface area is 242 Å². The maximum atomic E-state index is 13.7. The molecule has 0 aliphatic heterocycles. The largest absolute Gasteiger partial charge is 0.497 e. The lowest BCUT2D eigenvalue weighted by Gasteiger charge is -2.27. The smallest absolute Gasteiger partial charge is 0.308 e. The van der Waals surface area contributed by atoms with Gasteiger partial charge in [0, 0.05) is 36.0 Å². The number of rotatable bonds is 9. The van der Waals surface area contributed by atoms with Gasteiger partial charge in [-0.25, -0.2) is 13.3 Å². The van der Waals surface area contributed by atoms with E-state index in [4.69, 9.17) is 9.47 Å². The third-order valence-electron chi connectivity index (χ3n) is 6.10. The highest BCUT2D eigenvalue weighted by molar-refractivity contribution is 7.84. The molecule has 0 radical (unpaired) electrons. The lowest BCUT2D eigenvalue weighted by atomic mass is 9.89. The van der Waals surface area contributed by atoms with Crippen LogP contribution in [-0.2, 0) is 27.6 Å². The van der Waals surface area contributed by atoms with Gasteiger partial charge in [-0.15, -0.1) is 0 Å². The van der Waals surface area contributed by atoms with Crippen LogP contribution in [0.5, 0.6) is 5.75 Å². The second kappa shape index (κ2) is 12.5. The van der Waals surface area contributed by atoms with E-state index in [9.17, 15) is 23.0 Å². The maximum absolute atomic E-state index is 13.7. The molecule has 2 atom stereocenters. The van der Waals surface area contributed by atoms with Gasteiger partial charge in [-0.1, -0.05) is 0 Å². The summed E-state index contributed by atoms with van der Waals surface area (Å²) in [5.41, 5.74) is 0.658. The van der Waals surface area contributed by atoms with E-state index in [1.54, 1.807) is 73.0 Å². The maximum Gasteiger partial charge on any atom is 0.308 e. The van der Waals surface area contributed by atoms with Gasteiger partial charge in [-0.2, -0.15) is 0 Å². The number of aromatic nitrogens is 1. The molecular weight excluding hydrogens is 547 g/mol. The number of hydrogen-bond acceptors (Lipinski definition) is 6. The third-order valence-corrected chi connectivity index (χ3v) is 7.71. The minimum Gasteiger partial charge on any atom is -0.497 e. The fourth-order valence-corrected chi connectivity index (χ4v) is 4.88. The van der Waals surface area contributed by atoms with Crippen LogP contribution in [0.3, 0.4) is 0 Å². The molecule has 0 amide bonds. The molecule has 0 unspecified atom stereocenters. The number of nitrogens with zero attached hydrogens (tertiary/aromatic N) is 1. The van der Waals surface area contributed by atoms with Gasteiger partial charge in [-0.05, 0) is 95.1 Å². The Kier molecular flexibility index (Phi) is 9.71. The summed E-state index contributed by atoms with van der Waals surface area (Å²) in [5.74, 6) is -1.00. The first-order valence-corrected chi connectivity index (χ1v) is 14.2. The van der Waals surface area contributed by atoms with Gasteiger partial charge in [0.1, 0.15) is 17.2 Å². The highest BCUT2D eigenvalue weighted by Gasteiger charge is 2.30. The number of halogens is 1. The number of carbonyl (C=O) groups excluding carboxylic acids is 2. The Morgan fingerprint density at radius 2 is 1.63 bits per heavy atom. The average molecular weight is 585 g/mol. The fraction of sp³-hybridized carbons (Fsp3) is 0.387. The van der Waals surface area contributed by atoms with E-state index in [-0.39, 0.29) is 23.1 Å². The standard InChI is InChI=1S/C31H37FN2O6S/c1-30(2,3)40-28(36)17-26(33-41(38)31(4,5)6)23-16-27(35)34(7)18-25(23)22-14-13-21(39-8)15-24(22)29(37)19-9-11-20(32)12-10-19/h9-16,18,26,33H,17H2,1-8H3/t26-,41-/m0/s1. The van der Waals surface area contributed by atoms with E-state index in [0.29, 0.717) is 22.4 Å². The summed E-state index contributed by atoms with van der Waals surface area (Å²) in [7, 11) is 1.42. The molecule has 0 bridgehead atoms. The molecule has 0 saturated heterocycles. The summed E-state index contributed by atoms with van der Waals surface area (Å²) in [5, 5.41) is 0. The van der Waals surface area contributed by atoms with Crippen LogP contribution >= 0.6 is 0 Å². The first-order valence-electron chi connectivity index (χ1n) is 13.1. The number of benzene rings is 2. The van der Waals surface area contributed by atoms with Crippen LogP contribution in [-0.4, -0.2) is 38.0 Å². The summed E-state index contributed by atoms with van der Waals surface area (Å²) in [6.07, 6.45) is 1.35. The van der Waals surface area contributed by atoms with Crippen LogP contribution in [0.25, 0.3) is 11.1 Å². The number of hydrogen-bond donors (Lipinski definition) is 1. The van der Waals surface area contributed by atoms with Crippen LogP contribution in [0.15, 0.2) is 59.5 Å². The molecule has 2 aromatic carbocycles. The molecule has 220 valence electrons. The van der Waals surface area contributed by atoms with E-state index in [1.807, 2.05) is 0 Å². The quantitative estimate of drug-likeness (QED) is 0.272. The van der Waals surface area contributed by atoms with Crippen LogP contribution in [0.2, 0.25) is 0 Å². The molecule has 0 aliphatic rings. The number of nitrogens with one attached hydrogen (secondary N) is 1. The fourth-order valence-electron chi connectivity index (χ4n) is 4.06. The van der Waals surface area contributed by atoms with Gasteiger partial charge in [0.25, 0.3) is 5.56 Å². The lowest BCUT2D eigenvalue weighted by Crippen LogP contribution is -2.38. The molecule has 41 heavy (non-hydrogen) atoms. The SMILES string of the molecule is COc1ccc(-c2cn(C)c(=O)cc2[C@H](CC(=O)OC(C)(C)C)N[S@@](=O)C(C)(C)C)c(C(=O)c2ccc(F)cc2)c1. The molecule has 3 aromatic rings. The highest BCUT2D eigenvalue weighted by atomic mass is 32.2. The number of pyridine rings is 1. The molecule has 1 heterocycles. The van der Waals surface area contributed by atoms with E-state index in [2.05, 4.69) is 4.72 Å². The van der Waals surface area contributed by atoms with Crippen molar-refractivity contribution in [3.8, 4) is 16.9 Å². The predicted octanol–water partition coefficient (Wildman–Crippen LogP) is 5.26. The minimum atomic E-state index is -1.62. The Morgan fingerprint density at radius 1 is 1.00 bits per heavy atom. The summed E-state index contributed by atoms with van der Waals surface area (Å²) >= 11 is 0. The average Bonchev–Trinajstić information content (AvgIpc) is 2.87. The zero-order valence-corrected chi connectivity index (χ0v) is 25.5. The van der Waals surface area contributed by atoms with Crippen molar-refractivity contribution in [2.24, 2.45) is 7.05 Å². The zero-order valence-electron chi connectivity index (χ0n) is 24.7. The van der Waals surface area contributed by atoms with E-state index in [1.165, 1.54) is 42.0 Å². The molecule has 8 nitrogen and oxygen atoms in total. The van der Waals surface area contributed by atoms with Crippen LogP contribution in [0.4, 0.5) is 4.39 Å². The molecule has 0 spiro atoms. The molecule has 0 saturated carbocycles. The van der Waals surface area contributed by atoms with Crippen molar-refractivity contribution in [3.63, 3.8) is 0 Å². The monoisotopic (exact) mass is 584 g/mol. The first-order chi connectivity index (χ1) is 19.0. The minimum absolute atomic E-state index is 0.226. The summed E-state index contributed by atoms with van der Waals surface area (Å²) in [4.78, 5) is 39.6. The van der Waals surface area contributed by atoms with Crippen molar-refractivity contribution < 1.29 is 27.7 Å². The Bertz CT molecular complexity index is 1520. The molecule has 0 fully saturated rings. The highest BCUT2D eigenvalue weighted by Crippen LogP contribution is 2.35. The normalized spacial score (nSPS) is 13.4. The number of methoxy groups -OCH3 is 1. The number of aryl methyl sites for hydroxylation is 1. The molecule has 0 aliphatic carbocycles. The van der Waals surface area contributed by atoms with Crippen molar-refractivity contribution in [2.45, 2.75) is 64.4 Å². The van der Waals surface area contributed by atoms with Crippen LogP contribution < -0.4 is 15.0 Å². The lowest BCUT2D eigenvalue weighted by molar-refractivity contribution is -0.155. The summed E-state index contributed by atoms with van der Waals surface area (Å²) < 4.78 is 41.5. The Morgan fingerprint density at radius 3 is 2.20 bits per heavy atom. The van der Waals surface area contributed by atoms with Gasteiger partial charge in [-0.3, -0.25) is 14.4 Å². The van der Waals surface area contributed by atoms with Crippen molar-refractivity contribution in [1.29, 1.82) is 0 Å². The van der Waals surface area contributed by atoms with E-state index < -0.39 is 44.9 Å². The predicted molar refractivity (Wildman–Crippen MR) is 158 cm³/mol. The topological polar surface area (TPSA) is 104 Å². The van der Waals surface area contributed by atoms with E-state index in [0.717, 1.165) is 0 Å². The first kappa shape index (κ1) is 31.9. The van der Waals surface area contributed by atoms with Gasteiger partial charge in [0.05, 0.1) is 35.3 Å². The van der Waals surface area contributed by atoms with Gasteiger partial charge in [0.15, 0.2) is 5.78 Å². The van der Waals surface area contributed by atoms with Crippen molar-refractivity contribution in [3.05, 3.63) is 87.6 Å². The number of ketones is 1. The second-order valence-corrected chi connectivity index (χ2v) is 13.7. The van der Waals surface area contributed by atoms with Crippen molar-refractivity contribution in [2.75, 3.05) is 7.11 Å². The zero-order chi connectivity index (χ0) is 30.7. The second-order valence-electron chi connectivity index (χ2n) is 11.7. The Balaban J connectivity index is 2.26. The van der Waals surface area contributed by atoms with E-state index >= 15 is 0 Å². The van der Waals surface area contributed by atoms with Crippen LogP contribution in [0.1, 0.15) is 75.5 Å². The number of ether oxygens (including phenoxy) is 2. The Hall–Kier alpha value is -3.63. The van der Waals surface area contributed by atoms with Gasteiger partial charge in [0.2, 0.25) is 0 Å². The van der Waals surface area contributed by atoms with Crippen LogP contribution in [0, 0.1) is 5.82 Å². The molecule has 1 N–H and O–H groups in total. The molecule has 1 aromatic heterocycles. The van der Waals surface area contributed by atoms with Gasteiger partial charge >= 0.3 is 5.97 Å².